The highest BCUT2D eigenvalue weighted by Gasteiger charge is 2.44. The number of aliphatic hydroxyl groups is 2. The van der Waals surface area contributed by atoms with E-state index in [2.05, 4.69) is 5.32 Å². The summed E-state index contributed by atoms with van der Waals surface area (Å²) in [6.45, 7) is 1.71. The molecule has 156 valence electrons. The van der Waals surface area contributed by atoms with Crippen molar-refractivity contribution in [3.05, 3.63) is 75.8 Å². The third kappa shape index (κ3) is 2.50. The van der Waals surface area contributed by atoms with Crippen LogP contribution in [0.5, 0.6) is 0 Å². The second-order valence-corrected chi connectivity index (χ2v) is 8.65. The Balaban J connectivity index is 1.54. The van der Waals surface area contributed by atoms with Gasteiger partial charge >= 0.3 is 0 Å². The number of carbonyl (C=O) groups excluding carboxylic acids is 2. The molecule has 1 saturated heterocycles. The summed E-state index contributed by atoms with van der Waals surface area (Å²) in [5, 5.41) is 25.1. The zero-order valence-corrected chi connectivity index (χ0v) is 16.9. The highest BCUT2D eigenvalue weighted by Crippen LogP contribution is 2.46. The van der Waals surface area contributed by atoms with Crippen molar-refractivity contribution < 1.29 is 24.5 Å². The Kier molecular flexibility index (Phi) is 3.90. The van der Waals surface area contributed by atoms with Crippen LogP contribution >= 0.6 is 0 Å². The minimum atomic E-state index is -0.904. The predicted molar refractivity (Wildman–Crippen MR) is 115 cm³/mol. The van der Waals surface area contributed by atoms with Crippen molar-refractivity contribution in [1.29, 1.82) is 0 Å². The van der Waals surface area contributed by atoms with Gasteiger partial charge in [-0.2, -0.15) is 0 Å². The Bertz CT molecular complexity index is 1300. The normalized spacial score (nSPS) is 26.2. The number of nitrogens with one attached hydrogen (secondary N) is 1. The molecular formula is C25H21NO5. The maximum Gasteiger partial charge on any atom is 0.196 e. The topological polar surface area (TPSA) is 95.9 Å². The van der Waals surface area contributed by atoms with E-state index in [0.29, 0.717) is 34.4 Å². The van der Waals surface area contributed by atoms with Crippen LogP contribution in [-0.2, 0) is 4.74 Å². The summed E-state index contributed by atoms with van der Waals surface area (Å²) in [7, 11) is 0. The fourth-order valence-electron chi connectivity index (χ4n) is 5.28. The molecule has 1 aliphatic carbocycles. The first-order valence-corrected chi connectivity index (χ1v) is 10.5. The summed E-state index contributed by atoms with van der Waals surface area (Å²) in [4.78, 5) is 27.2. The molecule has 0 unspecified atom stereocenters. The van der Waals surface area contributed by atoms with E-state index in [1.807, 2.05) is 37.3 Å². The molecule has 0 spiro atoms. The summed E-state index contributed by atoms with van der Waals surface area (Å²) in [5.74, 6) is -0.376. The molecular weight excluding hydrogens is 394 g/mol. The smallest absolute Gasteiger partial charge is 0.196 e. The van der Waals surface area contributed by atoms with Gasteiger partial charge in [-0.25, -0.2) is 0 Å². The van der Waals surface area contributed by atoms with Crippen molar-refractivity contribution in [3.8, 4) is 0 Å². The molecule has 0 saturated carbocycles. The van der Waals surface area contributed by atoms with Crippen LogP contribution < -0.4 is 5.32 Å². The van der Waals surface area contributed by atoms with E-state index in [1.165, 1.54) is 0 Å². The summed E-state index contributed by atoms with van der Waals surface area (Å²) in [6.07, 6.45) is -1.41. The average molecular weight is 415 g/mol. The second kappa shape index (κ2) is 6.47. The number of fused-ring (bicyclic) bond motifs is 9. The van der Waals surface area contributed by atoms with Crippen molar-refractivity contribution >= 4 is 28.0 Å². The van der Waals surface area contributed by atoms with Crippen molar-refractivity contribution in [1.82, 2.24) is 0 Å². The van der Waals surface area contributed by atoms with E-state index < -0.39 is 12.2 Å². The summed E-state index contributed by atoms with van der Waals surface area (Å²) in [5.41, 5.74) is 3.98. The first-order chi connectivity index (χ1) is 15.0. The van der Waals surface area contributed by atoms with E-state index >= 15 is 0 Å². The van der Waals surface area contributed by atoms with Gasteiger partial charge in [0.2, 0.25) is 0 Å². The Morgan fingerprint density at radius 1 is 1.03 bits per heavy atom. The van der Waals surface area contributed by atoms with Crippen LogP contribution in [0.3, 0.4) is 0 Å². The van der Waals surface area contributed by atoms with Gasteiger partial charge in [-0.15, -0.1) is 0 Å². The number of ketones is 2. The zero-order chi connectivity index (χ0) is 21.4. The Hall–Kier alpha value is -3.06. The van der Waals surface area contributed by atoms with Gasteiger partial charge in [0.1, 0.15) is 12.2 Å². The van der Waals surface area contributed by atoms with Gasteiger partial charge in [0.25, 0.3) is 0 Å². The lowest BCUT2D eigenvalue weighted by molar-refractivity contribution is -0.143. The molecule has 31 heavy (non-hydrogen) atoms. The predicted octanol–water partition coefficient (Wildman–Crippen LogP) is 2.90. The number of ether oxygens (including phenoxy) is 1. The van der Waals surface area contributed by atoms with E-state index in [-0.39, 0.29) is 30.3 Å². The highest BCUT2D eigenvalue weighted by molar-refractivity contribution is 6.33. The van der Waals surface area contributed by atoms with Gasteiger partial charge in [-0.05, 0) is 29.8 Å². The average Bonchev–Trinajstić information content (AvgIpc) is 2.78. The first-order valence-electron chi connectivity index (χ1n) is 10.5. The van der Waals surface area contributed by atoms with Crippen LogP contribution in [0.15, 0.2) is 42.5 Å². The Morgan fingerprint density at radius 3 is 2.58 bits per heavy atom. The fourth-order valence-corrected chi connectivity index (χ4v) is 5.28. The lowest BCUT2D eigenvalue weighted by atomic mass is 9.77. The number of rotatable bonds is 1. The highest BCUT2D eigenvalue weighted by atomic mass is 16.5. The fraction of sp³-hybridized carbons (Fsp3) is 0.280. The Morgan fingerprint density at radius 2 is 1.77 bits per heavy atom. The van der Waals surface area contributed by atoms with E-state index in [0.717, 1.165) is 21.9 Å². The minimum absolute atomic E-state index is 0.172. The summed E-state index contributed by atoms with van der Waals surface area (Å²) >= 11 is 0. The van der Waals surface area contributed by atoms with Gasteiger partial charge in [-0.1, -0.05) is 35.9 Å². The molecule has 2 aliphatic heterocycles. The maximum atomic E-state index is 13.6. The van der Waals surface area contributed by atoms with Crippen LogP contribution in [-0.4, -0.2) is 46.6 Å². The third-order valence-corrected chi connectivity index (χ3v) is 6.81. The molecule has 6 rings (SSSR count). The quantitative estimate of drug-likeness (QED) is 0.442. The van der Waals surface area contributed by atoms with Crippen molar-refractivity contribution in [2.45, 2.75) is 37.7 Å². The van der Waals surface area contributed by atoms with Crippen molar-refractivity contribution in [2.24, 2.45) is 0 Å². The minimum Gasteiger partial charge on any atom is -0.394 e. The van der Waals surface area contributed by atoms with Gasteiger partial charge < -0.3 is 20.3 Å². The maximum absolute atomic E-state index is 13.6. The lowest BCUT2D eigenvalue weighted by Crippen LogP contribution is -2.53. The number of benzene rings is 3. The zero-order valence-electron chi connectivity index (χ0n) is 16.9. The van der Waals surface area contributed by atoms with Gasteiger partial charge in [0, 0.05) is 28.7 Å². The molecule has 4 atom stereocenters. The molecule has 3 N–H and O–H groups in total. The summed E-state index contributed by atoms with van der Waals surface area (Å²) < 4.78 is 5.90. The van der Waals surface area contributed by atoms with Crippen LogP contribution in [0.2, 0.25) is 0 Å². The van der Waals surface area contributed by atoms with Gasteiger partial charge in [-0.3, -0.25) is 9.59 Å². The van der Waals surface area contributed by atoms with Gasteiger partial charge in [0.15, 0.2) is 11.6 Å². The molecule has 3 aromatic rings. The molecule has 6 heteroatoms. The van der Waals surface area contributed by atoms with Gasteiger partial charge in [0.05, 0.1) is 30.0 Å². The standard InChI is InChI=1S/C25H21NO5/c1-11-2-4-13-12(8-11)3-5-15-20(13)23(28)16-7-6-14-18-9-17(25(30)19(10-27)31-18)26-22(14)21(16)24(15)29/h2-8,17-19,25-27,30H,9-10H2,1H3/t17-,18-,19+,25-/m0/s1. The van der Waals surface area contributed by atoms with Crippen molar-refractivity contribution in [3.63, 3.8) is 0 Å². The van der Waals surface area contributed by atoms with Crippen LogP contribution in [0, 0.1) is 6.92 Å². The molecule has 2 heterocycles. The Labute approximate surface area is 178 Å². The van der Waals surface area contributed by atoms with Crippen molar-refractivity contribution in [2.75, 3.05) is 11.9 Å². The van der Waals surface area contributed by atoms with Crippen LogP contribution in [0.4, 0.5) is 5.69 Å². The third-order valence-electron chi connectivity index (χ3n) is 6.81. The van der Waals surface area contributed by atoms with Crippen LogP contribution in [0.1, 0.15) is 55.5 Å². The molecule has 3 aromatic carbocycles. The molecule has 1 fully saturated rings. The monoisotopic (exact) mass is 415 g/mol. The number of hydrogen-bond donors (Lipinski definition) is 3. The first kappa shape index (κ1) is 18.7. The number of anilines is 1. The van der Waals surface area contributed by atoms with E-state index in [4.69, 9.17) is 4.74 Å². The molecule has 0 aromatic heterocycles. The number of aliphatic hydroxyl groups excluding tert-OH is 2. The number of hydrogen-bond acceptors (Lipinski definition) is 6. The second-order valence-electron chi connectivity index (χ2n) is 8.65. The number of carbonyl (C=O) groups is 2. The van der Waals surface area contributed by atoms with E-state index in [1.54, 1.807) is 12.1 Å². The molecule has 0 radical (unpaired) electrons. The lowest BCUT2D eigenvalue weighted by Gasteiger charge is -2.45. The van der Waals surface area contributed by atoms with Crippen LogP contribution in [0.25, 0.3) is 10.8 Å². The molecule has 0 amide bonds. The largest absolute Gasteiger partial charge is 0.394 e. The molecule has 6 nitrogen and oxygen atoms in total. The van der Waals surface area contributed by atoms with E-state index in [9.17, 15) is 19.8 Å². The molecule has 3 aliphatic rings. The molecule has 2 bridgehead atoms. The number of aryl methyl sites for hydroxylation is 1. The SMILES string of the molecule is Cc1ccc2c3c(ccc2c1)C(=O)c1c(ccc2c1N[C@H]1C[C@@H]2O[C@H](CO)[C@H]1O)C3=O. The summed E-state index contributed by atoms with van der Waals surface area (Å²) in [6, 6.07) is 12.6.